The van der Waals surface area contributed by atoms with Gasteiger partial charge in [-0.1, -0.05) is 18.2 Å². The van der Waals surface area contributed by atoms with Crippen molar-refractivity contribution in [3.63, 3.8) is 0 Å². The molecule has 3 rings (SSSR count). The lowest BCUT2D eigenvalue weighted by Crippen LogP contribution is -2.49. The van der Waals surface area contributed by atoms with Crippen molar-refractivity contribution in [2.75, 3.05) is 18.4 Å². The molecule has 0 unspecified atom stereocenters. The van der Waals surface area contributed by atoms with E-state index in [2.05, 4.69) is 5.32 Å². The summed E-state index contributed by atoms with van der Waals surface area (Å²) in [5.74, 6) is -1.11. The van der Waals surface area contributed by atoms with Crippen LogP contribution in [0, 0.1) is 5.92 Å². The highest BCUT2D eigenvalue weighted by Gasteiger charge is 2.34. The molecule has 0 aromatic heterocycles. The minimum atomic E-state index is -0.753. The lowest BCUT2D eigenvalue weighted by Gasteiger charge is -2.35. The zero-order chi connectivity index (χ0) is 14.8. The van der Waals surface area contributed by atoms with Gasteiger partial charge in [0.05, 0.1) is 12.0 Å². The fourth-order valence-electron chi connectivity index (χ4n) is 3.34. The number of aliphatic carboxylic acids is 1. The third-order valence-corrected chi connectivity index (χ3v) is 4.51. The predicted molar refractivity (Wildman–Crippen MR) is 79.1 cm³/mol. The molecule has 1 aromatic carbocycles. The van der Waals surface area contributed by atoms with E-state index in [1.807, 2.05) is 29.2 Å². The number of carboxylic acids is 1. The Hall–Kier alpha value is -1.88. The third kappa shape index (κ3) is 2.93. The Labute approximate surface area is 123 Å². The molecule has 0 bridgehead atoms. The molecule has 2 aliphatic heterocycles. The van der Waals surface area contributed by atoms with E-state index in [-0.39, 0.29) is 17.9 Å². The molecule has 5 heteroatoms. The van der Waals surface area contributed by atoms with Crippen LogP contribution in [0.25, 0.3) is 0 Å². The number of fused-ring (bicyclic) bond motifs is 1. The average molecular weight is 288 g/mol. The Morgan fingerprint density at radius 2 is 2.10 bits per heavy atom. The quantitative estimate of drug-likeness (QED) is 0.869. The van der Waals surface area contributed by atoms with Crippen LogP contribution in [0.5, 0.6) is 0 Å². The van der Waals surface area contributed by atoms with Gasteiger partial charge in [0.1, 0.15) is 0 Å². The summed E-state index contributed by atoms with van der Waals surface area (Å²) in [7, 11) is 0. The van der Waals surface area contributed by atoms with Gasteiger partial charge in [0.25, 0.3) is 0 Å². The first kappa shape index (κ1) is 14.1. The Kier molecular flexibility index (Phi) is 3.92. The number of aryl methyl sites for hydroxylation is 1. The highest BCUT2D eigenvalue weighted by molar-refractivity contribution is 5.96. The summed E-state index contributed by atoms with van der Waals surface area (Å²) in [4.78, 5) is 25.7. The fraction of sp³-hybridized carbons (Fsp3) is 0.500. The Bertz CT molecular complexity index is 558. The van der Waals surface area contributed by atoms with Crippen LogP contribution < -0.4 is 5.32 Å². The number of likely N-dealkylation sites (tertiary alicyclic amines) is 1. The van der Waals surface area contributed by atoms with Crippen LogP contribution >= 0.6 is 0 Å². The number of nitrogens with zero attached hydrogens (tertiary/aromatic N) is 1. The van der Waals surface area contributed by atoms with Gasteiger partial charge in [0.2, 0.25) is 5.91 Å². The molecule has 2 atom stereocenters. The molecular weight excluding hydrogens is 268 g/mol. The molecule has 5 nitrogen and oxygen atoms in total. The second kappa shape index (κ2) is 5.85. The van der Waals surface area contributed by atoms with Gasteiger partial charge in [-0.2, -0.15) is 0 Å². The smallest absolute Gasteiger partial charge is 0.307 e. The monoisotopic (exact) mass is 288 g/mol. The van der Waals surface area contributed by atoms with Crippen molar-refractivity contribution in [3.05, 3.63) is 29.8 Å². The van der Waals surface area contributed by atoms with Gasteiger partial charge in [-0.3, -0.25) is 14.5 Å². The van der Waals surface area contributed by atoms with E-state index in [9.17, 15) is 14.7 Å². The molecule has 1 saturated heterocycles. The number of para-hydroxylation sites is 1. The molecule has 0 spiro atoms. The first-order valence-electron chi connectivity index (χ1n) is 7.51. The number of carboxylic acid groups (broad SMARTS) is 1. The van der Waals surface area contributed by atoms with Crippen LogP contribution in [0.1, 0.15) is 24.8 Å². The van der Waals surface area contributed by atoms with Crippen LogP contribution in [-0.4, -0.2) is 41.0 Å². The minimum absolute atomic E-state index is 0.00834. The van der Waals surface area contributed by atoms with Crippen molar-refractivity contribution < 1.29 is 14.7 Å². The highest BCUT2D eigenvalue weighted by Crippen LogP contribution is 2.26. The SMILES string of the molecule is O=C(O)[C@H]1CCCN([C@@H]2CCc3ccccc3NC2=O)C1. The van der Waals surface area contributed by atoms with Crippen molar-refractivity contribution in [1.29, 1.82) is 0 Å². The predicted octanol–water partition coefficient (Wildman–Crippen LogP) is 1.74. The van der Waals surface area contributed by atoms with E-state index in [4.69, 9.17) is 0 Å². The van der Waals surface area contributed by atoms with Crippen molar-refractivity contribution >= 4 is 17.6 Å². The fourth-order valence-corrected chi connectivity index (χ4v) is 3.34. The topological polar surface area (TPSA) is 69.6 Å². The van der Waals surface area contributed by atoms with Gasteiger partial charge < -0.3 is 10.4 Å². The summed E-state index contributed by atoms with van der Waals surface area (Å²) < 4.78 is 0. The molecule has 2 aliphatic rings. The Balaban J connectivity index is 1.75. The molecule has 0 aliphatic carbocycles. The maximum absolute atomic E-state index is 12.5. The standard InChI is InChI=1S/C16H20N2O3/c19-15-14(18-9-3-5-12(10-18)16(20)21)8-7-11-4-1-2-6-13(11)17-15/h1-2,4,6,12,14H,3,5,7-10H2,(H,17,19)(H,20,21)/t12-,14+/m0/s1. The first-order chi connectivity index (χ1) is 10.1. The molecule has 1 amide bonds. The van der Waals surface area contributed by atoms with Crippen LogP contribution in [0.15, 0.2) is 24.3 Å². The normalized spacial score (nSPS) is 26.6. The lowest BCUT2D eigenvalue weighted by molar-refractivity contribution is -0.144. The van der Waals surface area contributed by atoms with Gasteiger partial charge in [0.15, 0.2) is 0 Å². The van der Waals surface area contributed by atoms with Gasteiger partial charge >= 0.3 is 5.97 Å². The van der Waals surface area contributed by atoms with Gasteiger partial charge in [-0.25, -0.2) is 0 Å². The maximum Gasteiger partial charge on any atom is 0.307 e. The Morgan fingerprint density at radius 3 is 2.90 bits per heavy atom. The summed E-state index contributed by atoms with van der Waals surface area (Å²) in [5.41, 5.74) is 2.04. The molecule has 0 radical (unpaired) electrons. The number of piperidine rings is 1. The first-order valence-corrected chi connectivity index (χ1v) is 7.51. The largest absolute Gasteiger partial charge is 0.481 e. The number of carbonyl (C=O) groups excluding carboxylic acids is 1. The van der Waals surface area contributed by atoms with Crippen LogP contribution in [0.4, 0.5) is 5.69 Å². The summed E-state index contributed by atoms with van der Waals surface area (Å²) in [6.07, 6.45) is 3.14. The zero-order valence-electron chi connectivity index (χ0n) is 11.9. The maximum atomic E-state index is 12.5. The number of carbonyl (C=O) groups is 2. The van der Waals surface area contributed by atoms with Crippen LogP contribution in [0.3, 0.4) is 0 Å². The molecular formula is C16H20N2O3. The number of rotatable bonds is 2. The van der Waals surface area contributed by atoms with E-state index < -0.39 is 5.97 Å². The van der Waals surface area contributed by atoms with E-state index >= 15 is 0 Å². The molecule has 0 saturated carbocycles. The number of hydrogen-bond acceptors (Lipinski definition) is 3. The van der Waals surface area contributed by atoms with Crippen molar-refractivity contribution in [2.24, 2.45) is 5.92 Å². The third-order valence-electron chi connectivity index (χ3n) is 4.51. The molecule has 1 fully saturated rings. The zero-order valence-corrected chi connectivity index (χ0v) is 11.9. The van der Waals surface area contributed by atoms with Crippen molar-refractivity contribution in [3.8, 4) is 0 Å². The van der Waals surface area contributed by atoms with E-state index in [1.165, 1.54) is 0 Å². The van der Waals surface area contributed by atoms with E-state index in [0.717, 1.165) is 37.1 Å². The molecule has 112 valence electrons. The van der Waals surface area contributed by atoms with Gasteiger partial charge in [-0.15, -0.1) is 0 Å². The summed E-state index contributed by atoms with van der Waals surface area (Å²) in [5, 5.41) is 12.2. The van der Waals surface area contributed by atoms with Crippen molar-refractivity contribution in [1.82, 2.24) is 4.90 Å². The summed E-state index contributed by atoms with van der Waals surface area (Å²) in [6.45, 7) is 1.28. The molecule has 1 aromatic rings. The van der Waals surface area contributed by atoms with Crippen molar-refractivity contribution in [2.45, 2.75) is 31.7 Å². The number of amides is 1. The number of nitrogens with one attached hydrogen (secondary N) is 1. The van der Waals surface area contributed by atoms with Crippen LogP contribution in [-0.2, 0) is 16.0 Å². The second-order valence-corrected chi connectivity index (χ2v) is 5.87. The van der Waals surface area contributed by atoms with Gasteiger partial charge in [0, 0.05) is 12.2 Å². The van der Waals surface area contributed by atoms with Crippen LogP contribution in [0.2, 0.25) is 0 Å². The van der Waals surface area contributed by atoms with E-state index in [1.54, 1.807) is 0 Å². The second-order valence-electron chi connectivity index (χ2n) is 5.87. The summed E-state index contributed by atoms with van der Waals surface area (Å²) >= 11 is 0. The molecule has 2 N–H and O–H groups in total. The average Bonchev–Trinajstić information content (AvgIpc) is 2.65. The van der Waals surface area contributed by atoms with E-state index in [0.29, 0.717) is 13.0 Å². The number of benzene rings is 1. The minimum Gasteiger partial charge on any atom is -0.481 e. The highest BCUT2D eigenvalue weighted by atomic mass is 16.4. The number of anilines is 1. The molecule has 2 heterocycles. The lowest BCUT2D eigenvalue weighted by atomic mass is 9.95. The molecule has 21 heavy (non-hydrogen) atoms. The Morgan fingerprint density at radius 1 is 1.29 bits per heavy atom. The summed E-state index contributed by atoms with van der Waals surface area (Å²) in [6, 6.07) is 7.63. The van der Waals surface area contributed by atoms with Gasteiger partial charge in [-0.05, 0) is 43.9 Å². The number of hydrogen-bond donors (Lipinski definition) is 2.